The molecule has 0 aliphatic carbocycles. The van der Waals surface area contributed by atoms with Crippen molar-refractivity contribution in [3.8, 4) is 0 Å². The van der Waals surface area contributed by atoms with Gasteiger partial charge in [0.05, 0.1) is 22.0 Å². The second-order valence-corrected chi connectivity index (χ2v) is 9.10. The lowest BCUT2D eigenvalue weighted by molar-refractivity contribution is -0.118. The molecule has 0 spiro atoms. The number of nitrogens with one attached hydrogen (secondary N) is 2. The zero-order valence-electron chi connectivity index (χ0n) is 16.4. The zero-order chi connectivity index (χ0) is 21.6. The summed E-state index contributed by atoms with van der Waals surface area (Å²) in [6, 6.07) is 11.3. The van der Waals surface area contributed by atoms with Gasteiger partial charge in [-0.25, -0.2) is 4.79 Å². The van der Waals surface area contributed by atoms with Gasteiger partial charge in [-0.1, -0.05) is 32.4 Å². The lowest BCUT2D eigenvalue weighted by atomic mass is 9.92. The molecule has 8 heteroatoms. The maximum absolute atomic E-state index is 12.2. The Labute approximate surface area is 179 Å². The predicted molar refractivity (Wildman–Crippen MR) is 117 cm³/mol. The highest BCUT2D eigenvalue weighted by molar-refractivity contribution is 8.00. The molecule has 2 amide bonds. The van der Waals surface area contributed by atoms with E-state index in [1.807, 2.05) is 32.9 Å². The lowest BCUT2D eigenvalue weighted by Crippen LogP contribution is -2.19. The van der Waals surface area contributed by atoms with Crippen LogP contribution in [0.3, 0.4) is 0 Å². The van der Waals surface area contributed by atoms with Crippen molar-refractivity contribution in [2.75, 3.05) is 16.4 Å². The number of hydrogen-bond acceptors (Lipinski definition) is 4. The number of anilines is 2. The van der Waals surface area contributed by atoms with Gasteiger partial charge in [-0.2, -0.15) is 0 Å². The third-order valence-corrected chi connectivity index (χ3v) is 5.03. The first-order chi connectivity index (χ1) is 13.5. The molecule has 0 aromatic heterocycles. The van der Waals surface area contributed by atoms with Gasteiger partial charge in [-0.15, -0.1) is 11.8 Å². The van der Waals surface area contributed by atoms with Gasteiger partial charge >= 0.3 is 5.97 Å². The van der Waals surface area contributed by atoms with E-state index in [0.717, 1.165) is 4.90 Å². The van der Waals surface area contributed by atoms with Crippen molar-refractivity contribution < 1.29 is 19.5 Å². The van der Waals surface area contributed by atoms with Crippen LogP contribution in [0.2, 0.25) is 5.02 Å². The Bertz CT molecular complexity index is 908. The molecule has 0 saturated heterocycles. The van der Waals surface area contributed by atoms with E-state index < -0.39 is 5.97 Å². The van der Waals surface area contributed by atoms with Gasteiger partial charge in [0.1, 0.15) is 0 Å². The number of benzene rings is 2. The molecule has 0 atom stereocenters. The van der Waals surface area contributed by atoms with Crippen LogP contribution in [0.4, 0.5) is 11.4 Å². The SMILES string of the molecule is CC(C)(C)CC(=O)Nc1ccc(SCC(=O)Nc2cc(C(=O)O)ccc2Cl)cc1. The summed E-state index contributed by atoms with van der Waals surface area (Å²) in [6.45, 7) is 6.01. The molecular formula is C21H23ClN2O4S. The highest BCUT2D eigenvalue weighted by Gasteiger charge is 2.16. The van der Waals surface area contributed by atoms with Crippen LogP contribution in [0.25, 0.3) is 0 Å². The molecular weight excluding hydrogens is 412 g/mol. The summed E-state index contributed by atoms with van der Waals surface area (Å²) in [5.74, 6) is -1.32. The van der Waals surface area contributed by atoms with Gasteiger partial charge < -0.3 is 15.7 Å². The quantitative estimate of drug-likeness (QED) is 0.524. The van der Waals surface area contributed by atoms with Gasteiger partial charge in [0, 0.05) is 17.0 Å². The molecule has 0 aliphatic heterocycles. The summed E-state index contributed by atoms with van der Waals surface area (Å²) < 4.78 is 0. The highest BCUT2D eigenvalue weighted by Crippen LogP contribution is 2.25. The summed E-state index contributed by atoms with van der Waals surface area (Å²) in [5, 5.41) is 14.8. The smallest absolute Gasteiger partial charge is 0.335 e. The van der Waals surface area contributed by atoms with Gasteiger partial charge in [0.25, 0.3) is 0 Å². The summed E-state index contributed by atoms with van der Waals surface area (Å²) in [7, 11) is 0. The van der Waals surface area contributed by atoms with Gasteiger partial charge in [-0.05, 0) is 47.9 Å². The maximum Gasteiger partial charge on any atom is 0.335 e. The van der Waals surface area contributed by atoms with Crippen LogP contribution < -0.4 is 10.6 Å². The number of carboxylic acid groups (broad SMARTS) is 1. The minimum atomic E-state index is -1.10. The van der Waals surface area contributed by atoms with Crippen molar-refractivity contribution in [2.24, 2.45) is 5.41 Å². The lowest BCUT2D eigenvalue weighted by Gasteiger charge is -2.17. The Morgan fingerprint density at radius 1 is 1.00 bits per heavy atom. The molecule has 0 fully saturated rings. The first kappa shape index (κ1) is 22.8. The van der Waals surface area contributed by atoms with Gasteiger partial charge in [-0.3, -0.25) is 9.59 Å². The molecule has 29 heavy (non-hydrogen) atoms. The van der Waals surface area contributed by atoms with Crippen molar-refractivity contribution in [1.82, 2.24) is 0 Å². The van der Waals surface area contributed by atoms with Gasteiger partial charge in [0.2, 0.25) is 11.8 Å². The van der Waals surface area contributed by atoms with Crippen LogP contribution in [0.5, 0.6) is 0 Å². The maximum atomic E-state index is 12.2. The van der Waals surface area contributed by atoms with E-state index in [4.69, 9.17) is 16.7 Å². The normalized spacial score (nSPS) is 11.0. The Morgan fingerprint density at radius 2 is 1.66 bits per heavy atom. The van der Waals surface area contributed by atoms with E-state index in [-0.39, 0.29) is 39.3 Å². The monoisotopic (exact) mass is 434 g/mol. The topological polar surface area (TPSA) is 95.5 Å². The number of thioether (sulfide) groups is 1. The molecule has 0 saturated carbocycles. The van der Waals surface area contributed by atoms with E-state index >= 15 is 0 Å². The Balaban J connectivity index is 1.88. The summed E-state index contributed by atoms with van der Waals surface area (Å²) in [5.41, 5.74) is 0.918. The molecule has 0 bridgehead atoms. The first-order valence-electron chi connectivity index (χ1n) is 8.89. The number of halogens is 1. The fraction of sp³-hybridized carbons (Fsp3) is 0.286. The number of carbonyl (C=O) groups is 3. The van der Waals surface area contributed by atoms with E-state index in [9.17, 15) is 14.4 Å². The molecule has 0 unspecified atom stereocenters. The number of rotatable bonds is 7. The van der Waals surface area contributed by atoms with Crippen LogP contribution in [-0.4, -0.2) is 28.6 Å². The average molecular weight is 435 g/mol. The minimum absolute atomic E-state index is 0.0430. The Kier molecular flexibility index (Phi) is 7.70. The molecule has 2 aromatic carbocycles. The molecule has 2 rings (SSSR count). The van der Waals surface area contributed by atoms with Crippen LogP contribution in [-0.2, 0) is 9.59 Å². The van der Waals surface area contributed by atoms with Gasteiger partial charge in [0.15, 0.2) is 0 Å². The summed E-state index contributed by atoms with van der Waals surface area (Å²) in [6.07, 6.45) is 0.426. The Morgan fingerprint density at radius 3 is 2.24 bits per heavy atom. The average Bonchev–Trinajstić information content (AvgIpc) is 2.61. The molecule has 6 nitrogen and oxygen atoms in total. The minimum Gasteiger partial charge on any atom is -0.478 e. The van der Waals surface area contributed by atoms with Crippen LogP contribution in [0.15, 0.2) is 47.4 Å². The molecule has 2 aromatic rings. The molecule has 154 valence electrons. The number of aromatic carboxylic acids is 1. The number of carboxylic acids is 1. The summed E-state index contributed by atoms with van der Waals surface area (Å²) in [4.78, 5) is 36.0. The third kappa shape index (κ3) is 7.79. The number of hydrogen-bond donors (Lipinski definition) is 3. The Hall–Kier alpha value is -2.51. The third-order valence-electron chi connectivity index (χ3n) is 3.69. The van der Waals surface area contributed by atoms with Crippen molar-refractivity contribution in [3.05, 3.63) is 53.1 Å². The van der Waals surface area contributed by atoms with Crippen molar-refractivity contribution in [2.45, 2.75) is 32.1 Å². The van der Waals surface area contributed by atoms with E-state index in [0.29, 0.717) is 12.1 Å². The molecule has 0 aliphatic rings. The van der Waals surface area contributed by atoms with Crippen molar-refractivity contribution in [3.63, 3.8) is 0 Å². The number of carbonyl (C=O) groups excluding carboxylic acids is 2. The van der Waals surface area contributed by atoms with E-state index in [2.05, 4.69) is 10.6 Å². The van der Waals surface area contributed by atoms with E-state index in [1.54, 1.807) is 12.1 Å². The van der Waals surface area contributed by atoms with Crippen LogP contribution >= 0.6 is 23.4 Å². The molecule has 0 radical (unpaired) electrons. The van der Waals surface area contributed by atoms with Crippen molar-refractivity contribution in [1.29, 1.82) is 0 Å². The van der Waals surface area contributed by atoms with Crippen LogP contribution in [0, 0.1) is 5.41 Å². The largest absolute Gasteiger partial charge is 0.478 e. The standard InChI is InChI=1S/C21H23ClN2O4S/c1-21(2,3)11-18(25)23-14-5-7-15(8-6-14)29-12-19(26)24-17-10-13(20(27)28)4-9-16(17)22/h4-10H,11-12H2,1-3H3,(H,23,25)(H,24,26)(H,27,28). The molecule has 3 N–H and O–H groups in total. The highest BCUT2D eigenvalue weighted by atomic mass is 35.5. The predicted octanol–water partition coefficient (Wildman–Crippen LogP) is 5.14. The van der Waals surface area contributed by atoms with E-state index in [1.165, 1.54) is 30.0 Å². The molecule has 0 heterocycles. The van der Waals surface area contributed by atoms with Crippen LogP contribution in [0.1, 0.15) is 37.6 Å². The summed E-state index contributed by atoms with van der Waals surface area (Å²) >= 11 is 7.33. The second kappa shape index (κ2) is 9.80. The van der Waals surface area contributed by atoms with Crippen molar-refractivity contribution >= 4 is 52.5 Å². The fourth-order valence-electron chi connectivity index (χ4n) is 2.41. The first-order valence-corrected chi connectivity index (χ1v) is 10.3. The second-order valence-electron chi connectivity index (χ2n) is 7.65. The zero-order valence-corrected chi connectivity index (χ0v) is 18.0. The fourth-order valence-corrected chi connectivity index (χ4v) is 3.27. The number of amides is 2.